The van der Waals surface area contributed by atoms with Crippen LogP contribution in [0.1, 0.15) is 6.42 Å². The maximum Gasteiger partial charge on any atom is 0.266 e. The number of dihydropyridines is 1. The Balaban J connectivity index is 2.69. The summed E-state index contributed by atoms with van der Waals surface area (Å²) in [6.07, 6.45) is 4.47. The van der Waals surface area contributed by atoms with Crippen molar-refractivity contribution in [3.63, 3.8) is 0 Å². The number of aliphatic imine (C=N–C) groups is 1. The summed E-state index contributed by atoms with van der Waals surface area (Å²) in [5.41, 5.74) is 5.34. The number of rotatable bonds is 1. The molecule has 0 saturated heterocycles. The maximum atomic E-state index is 10.4. The van der Waals surface area contributed by atoms with E-state index in [1.807, 2.05) is 6.08 Å². The summed E-state index contributed by atoms with van der Waals surface area (Å²) < 4.78 is 0. The fourth-order valence-corrected chi connectivity index (χ4v) is 0.667. The van der Waals surface area contributed by atoms with Crippen LogP contribution in [0, 0.1) is 0 Å². The highest BCUT2D eigenvalue weighted by Crippen LogP contribution is 1.94. The predicted molar refractivity (Wildman–Crippen MR) is 35.3 cm³/mol. The SMILES string of the molecule is NC(=O)C1=NCCC=C1. The standard InChI is InChI=1S/C6H8N2O/c7-6(9)5-3-1-2-4-8-5/h1,3H,2,4H2,(H2,7,9). The van der Waals surface area contributed by atoms with Crippen LogP contribution < -0.4 is 5.73 Å². The van der Waals surface area contributed by atoms with Gasteiger partial charge in [-0.2, -0.15) is 0 Å². The summed E-state index contributed by atoms with van der Waals surface area (Å²) in [6, 6.07) is 0. The minimum atomic E-state index is -0.439. The van der Waals surface area contributed by atoms with Crippen molar-refractivity contribution < 1.29 is 4.79 Å². The van der Waals surface area contributed by atoms with Crippen LogP contribution >= 0.6 is 0 Å². The van der Waals surface area contributed by atoms with E-state index in [1.165, 1.54) is 0 Å². The Morgan fingerprint density at radius 3 is 2.89 bits per heavy atom. The number of carbonyl (C=O) groups is 1. The molecular formula is C6H8N2O. The zero-order chi connectivity index (χ0) is 6.69. The lowest BCUT2D eigenvalue weighted by Gasteiger charge is -1.99. The quantitative estimate of drug-likeness (QED) is 0.520. The molecule has 0 bridgehead atoms. The topological polar surface area (TPSA) is 55.5 Å². The van der Waals surface area contributed by atoms with Gasteiger partial charge >= 0.3 is 0 Å². The van der Waals surface area contributed by atoms with Crippen LogP contribution in [0.5, 0.6) is 0 Å². The van der Waals surface area contributed by atoms with E-state index in [0.717, 1.165) is 6.42 Å². The summed E-state index contributed by atoms with van der Waals surface area (Å²) in [4.78, 5) is 14.3. The molecule has 0 saturated carbocycles. The molecule has 0 spiro atoms. The van der Waals surface area contributed by atoms with Gasteiger partial charge in [0.15, 0.2) is 0 Å². The van der Waals surface area contributed by atoms with Gasteiger partial charge in [-0.25, -0.2) is 0 Å². The third-order valence-electron chi connectivity index (χ3n) is 1.11. The molecule has 1 aliphatic rings. The minimum absolute atomic E-state index is 0.390. The van der Waals surface area contributed by atoms with Crippen LogP contribution in [0.2, 0.25) is 0 Å². The average Bonchev–Trinajstić information content (AvgIpc) is 1.90. The van der Waals surface area contributed by atoms with Crippen molar-refractivity contribution in [1.82, 2.24) is 0 Å². The summed E-state index contributed by atoms with van der Waals surface area (Å²) in [5.74, 6) is -0.439. The van der Waals surface area contributed by atoms with E-state index in [2.05, 4.69) is 4.99 Å². The highest BCUT2D eigenvalue weighted by Gasteiger charge is 2.03. The zero-order valence-corrected chi connectivity index (χ0v) is 5.00. The van der Waals surface area contributed by atoms with Crippen molar-refractivity contribution in [1.29, 1.82) is 0 Å². The molecule has 0 radical (unpaired) electrons. The Morgan fingerprint density at radius 2 is 2.56 bits per heavy atom. The minimum Gasteiger partial charge on any atom is -0.364 e. The fourth-order valence-electron chi connectivity index (χ4n) is 0.667. The molecule has 2 N–H and O–H groups in total. The largest absolute Gasteiger partial charge is 0.364 e. The van der Waals surface area contributed by atoms with Crippen LogP contribution in [0.25, 0.3) is 0 Å². The maximum absolute atomic E-state index is 10.4. The molecule has 0 fully saturated rings. The Bertz CT molecular complexity index is 181. The van der Waals surface area contributed by atoms with Crippen molar-refractivity contribution in [2.24, 2.45) is 10.7 Å². The lowest BCUT2D eigenvalue weighted by Crippen LogP contribution is -2.22. The van der Waals surface area contributed by atoms with Crippen LogP contribution in [0.15, 0.2) is 17.1 Å². The third kappa shape index (κ3) is 1.38. The van der Waals surface area contributed by atoms with Gasteiger partial charge in [-0.3, -0.25) is 9.79 Å². The van der Waals surface area contributed by atoms with Gasteiger partial charge in [-0.05, 0) is 12.5 Å². The first-order valence-corrected chi connectivity index (χ1v) is 2.81. The van der Waals surface area contributed by atoms with Crippen molar-refractivity contribution >= 4 is 11.6 Å². The molecule has 0 aliphatic carbocycles. The Hall–Kier alpha value is -1.12. The summed E-state index contributed by atoms with van der Waals surface area (Å²) in [5, 5.41) is 0. The molecule has 9 heavy (non-hydrogen) atoms. The normalized spacial score (nSPS) is 17.1. The number of amides is 1. The molecule has 3 heteroatoms. The van der Waals surface area contributed by atoms with E-state index in [-0.39, 0.29) is 0 Å². The van der Waals surface area contributed by atoms with Crippen molar-refractivity contribution in [2.75, 3.05) is 6.54 Å². The summed E-state index contributed by atoms with van der Waals surface area (Å²) >= 11 is 0. The first-order valence-electron chi connectivity index (χ1n) is 2.81. The molecule has 0 aromatic carbocycles. The lowest BCUT2D eigenvalue weighted by atomic mass is 10.2. The van der Waals surface area contributed by atoms with E-state index in [0.29, 0.717) is 12.3 Å². The highest BCUT2D eigenvalue weighted by molar-refractivity contribution is 6.42. The molecular weight excluding hydrogens is 116 g/mol. The van der Waals surface area contributed by atoms with Crippen molar-refractivity contribution in [3.05, 3.63) is 12.2 Å². The van der Waals surface area contributed by atoms with Gasteiger partial charge in [0.05, 0.1) is 0 Å². The molecule has 1 heterocycles. The van der Waals surface area contributed by atoms with Crippen molar-refractivity contribution in [2.45, 2.75) is 6.42 Å². The molecule has 0 aromatic rings. The average molecular weight is 124 g/mol. The third-order valence-corrected chi connectivity index (χ3v) is 1.11. The van der Waals surface area contributed by atoms with Gasteiger partial charge in [0.25, 0.3) is 5.91 Å². The summed E-state index contributed by atoms with van der Waals surface area (Å²) in [7, 11) is 0. The van der Waals surface area contributed by atoms with Crippen LogP contribution in [-0.2, 0) is 4.79 Å². The second kappa shape index (κ2) is 2.44. The lowest BCUT2D eigenvalue weighted by molar-refractivity contribution is -0.111. The first kappa shape index (κ1) is 6.01. The zero-order valence-electron chi connectivity index (χ0n) is 5.00. The number of nitrogens with zero attached hydrogens (tertiary/aromatic N) is 1. The van der Waals surface area contributed by atoms with Crippen LogP contribution in [-0.4, -0.2) is 18.2 Å². The molecule has 0 atom stereocenters. The van der Waals surface area contributed by atoms with E-state index in [4.69, 9.17) is 5.73 Å². The van der Waals surface area contributed by atoms with Crippen LogP contribution in [0.3, 0.4) is 0 Å². The molecule has 3 nitrogen and oxygen atoms in total. The van der Waals surface area contributed by atoms with Gasteiger partial charge < -0.3 is 5.73 Å². The molecule has 1 aliphatic heterocycles. The number of nitrogens with two attached hydrogens (primary N) is 1. The molecule has 1 rings (SSSR count). The van der Waals surface area contributed by atoms with E-state index in [1.54, 1.807) is 6.08 Å². The van der Waals surface area contributed by atoms with E-state index < -0.39 is 5.91 Å². The molecule has 0 unspecified atom stereocenters. The van der Waals surface area contributed by atoms with Gasteiger partial charge in [0, 0.05) is 6.54 Å². The van der Waals surface area contributed by atoms with Crippen LogP contribution in [0.4, 0.5) is 0 Å². The smallest absolute Gasteiger partial charge is 0.266 e. The number of carbonyl (C=O) groups excluding carboxylic acids is 1. The van der Waals surface area contributed by atoms with Gasteiger partial charge in [0.1, 0.15) is 5.71 Å². The Labute approximate surface area is 53.3 Å². The second-order valence-corrected chi connectivity index (χ2v) is 1.82. The van der Waals surface area contributed by atoms with E-state index in [9.17, 15) is 4.79 Å². The predicted octanol–water partition coefficient (Wildman–Crippen LogP) is -0.127. The number of primary amides is 1. The fraction of sp³-hybridized carbons (Fsp3) is 0.333. The van der Waals surface area contributed by atoms with Crippen molar-refractivity contribution in [3.8, 4) is 0 Å². The Morgan fingerprint density at radius 1 is 1.78 bits per heavy atom. The number of hydrogen-bond acceptors (Lipinski definition) is 2. The first-order chi connectivity index (χ1) is 4.30. The molecule has 0 aromatic heterocycles. The van der Waals surface area contributed by atoms with Gasteiger partial charge in [-0.15, -0.1) is 0 Å². The monoisotopic (exact) mass is 124 g/mol. The second-order valence-electron chi connectivity index (χ2n) is 1.82. The molecule has 1 amide bonds. The highest BCUT2D eigenvalue weighted by atomic mass is 16.1. The summed E-state index contributed by atoms with van der Waals surface area (Å²) in [6.45, 7) is 0.689. The van der Waals surface area contributed by atoms with Gasteiger partial charge in [-0.1, -0.05) is 6.08 Å². The van der Waals surface area contributed by atoms with Gasteiger partial charge in [0.2, 0.25) is 0 Å². The Kier molecular flexibility index (Phi) is 1.63. The van der Waals surface area contributed by atoms with E-state index >= 15 is 0 Å². The number of hydrogen-bond donors (Lipinski definition) is 1. The molecule has 48 valence electrons.